The summed E-state index contributed by atoms with van der Waals surface area (Å²) in [6.07, 6.45) is 35.4. The maximum atomic E-state index is 12.0. The van der Waals surface area contributed by atoms with Gasteiger partial charge < -0.3 is 29.5 Å². The summed E-state index contributed by atoms with van der Waals surface area (Å²) in [5.41, 5.74) is 22.7. The van der Waals surface area contributed by atoms with Gasteiger partial charge in [-0.05, 0) is 440 Å². The van der Waals surface area contributed by atoms with E-state index in [1.54, 1.807) is 80.4 Å². The number of aromatic carboxylic acids is 1. The average molecular weight is 2390 g/mol. The molecule has 2 N–H and O–H groups in total. The second-order valence-corrected chi connectivity index (χ2v) is 47.8. The van der Waals surface area contributed by atoms with E-state index in [9.17, 15) is 24.0 Å². The van der Waals surface area contributed by atoms with E-state index < -0.39 is 5.97 Å². The standard InChI is InChI=1S/C29H38O2.C27H34O2.2C15H18O2.C14H19I.C9H9IO2.C8H16Cl2.C6H5I.C6H10.K.H2O/c1-7-9-10-23(19-21-11-13-22(14-12-21)27(30)31-8-2)24-15-16-25-26(20-24)29(5,6)18-17-28(25,3)4;1-6-7-8-21(17-19-9-11-20(12-10-19)25(28)29)22-13-14-23-24(18-22)27(4,5)16-15-26(23,2)3;2*1-3-5-6-7-8-13-9-11-14(12-10-13)15(16)17-4-2;1-13(2)7-8-14(3,4)12-9-10(15)5-6-11(12)13;1-2-12-9(11)7-3-5-8(10)6-4-7;1-7(2,9)5-6-8(3,4)10;7-6-4-2-1-3-5-6;1-3-5-6-4-2;;/h11-16,19-20H,7-10,17-18H2,1-6H3;9-14,17-18H,6-8,15-16H2,1-5H3,(H,28,29);2*9-12H,3-6H2,1-2H3;5-6,9H,7-8H2,1-4H3;3-6H,2H2,1H3;5-6H2,1-4H3;1-5H;1H,4-6H2,2H3;;1H2/q;;;;;;;;;+1;/p-1/b23-19+;21-17+;;;;;;;;;. The van der Waals surface area contributed by atoms with Crippen molar-refractivity contribution in [3.8, 4) is 36.0 Å². The van der Waals surface area contributed by atoms with Crippen LogP contribution in [-0.4, -0.2) is 76.6 Å². The molecular weight excluding hydrogens is 2220 g/mol. The number of hydrogen-bond donors (Lipinski definition) is 1. The number of carboxylic acid groups (broad SMARTS) is 1. The topological polar surface area (TPSA) is 172 Å². The van der Waals surface area contributed by atoms with Gasteiger partial charge in [-0.3, -0.25) is 0 Å². The molecule has 0 saturated carbocycles. The molecule has 0 spiro atoms. The Hall–Kier alpha value is -7.14. The molecule has 0 radical (unpaired) electrons. The van der Waals surface area contributed by atoms with Crippen molar-refractivity contribution in [2.75, 3.05) is 26.4 Å². The molecule has 12 rings (SSSR count). The molecule has 11 nitrogen and oxygen atoms in total. The minimum atomic E-state index is -0.883. The molecule has 3 aliphatic rings. The van der Waals surface area contributed by atoms with Crippen LogP contribution in [0.2, 0.25) is 0 Å². The van der Waals surface area contributed by atoms with Crippen molar-refractivity contribution in [1.82, 2.24) is 0 Å². The largest absolute Gasteiger partial charge is 1.00 e. The van der Waals surface area contributed by atoms with Gasteiger partial charge in [0.25, 0.3) is 0 Å². The van der Waals surface area contributed by atoms with Crippen LogP contribution in [0, 0.1) is 46.7 Å². The molecule has 0 heterocycles. The molecule has 0 amide bonds. The van der Waals surface area contributed by atoms with Gasteiger partial charge in [-0.25, -0.2) is 24.0 Å². The summed E-state index contributed by atoms with van der Waals surface area (Å²) in [5.74, 6) is 13.0. The number of carbonyl (C=O) groups excluding carboxylic acids is 4. The van der Waals surface area contributed by atoms with Gasteiger partial charge >= 0.3 is 81.2 Å². The van der Waals surface area contributed by atoms with E-state index in [-0.39, 0.29) is 112 Å². The van der Waals surface area contributed by atoms with Gasteiger partial charge in [-0.1, -0.05) is 271 Å². The minimum Gasteiger partial charge on any atom is -0.870 e. The first-order valence-corrected chi connectivity index (χ1v) is 56.0. The van der Waals surface area contributed by atoms with Crippen molar-refractivity contribution in [1.29, 1.82) is 0 Å². The first kappa shape index (κ1) is 135. The zero-order valence-corrected chi connectivity index (χ0v) is 104. The maximum absolute atomic E-state index is 12.0. The van der Waals surface area contributed by atoms with E-state index in [1.165, 1.54) is 116 Å². The number of carbonyl (C=O) groups is 5. The number of terminal acetylenes is 1. The number of ether oxygens (including phenoxy) is 4. The fourth-order valence-electron chi connectivity index (χ4n) is 16.3. The van der Waals surface area contributed by atoms with Crippen molar-refractivity contribution in [3.05, 3.63) is 312 Å². The first-order valence-electron chi connectivity index (χ1n) is 52.0. The molecule has 17 heteroatoms. The average Bonchev–Trinajstić information content (AvgIpc) is 0.740. The van der Waals surface area contributed by atoms with Crippen LogP contribution in [0.5, 0.6) is 0 Å². The second-order valence-electron chi connectivity index (χ2n) is 42.0. The van der Waals surface area contributed by atoms with E-state index in [4.69, 9.17) is 53.7 Å². The fourth-order valence-corrected chi connectivity index (χ4v) is 17.7. The Morgan fingerprint density at radius 1 is 0.349 bits per heavy atom. The Morgan fingerprint density at radius 3 is 0.884 bits per heavy atom. The van der Waals surface area contributed by atoms with Crippen LogP contribution < -0.4 is 51.4 Å². The number of halogens is 5. The number of hydrogen-bond acceptors (Lipinski definition) is 10. The molecule has 3 aliphatic carbocycles. The first-order chi connectivity index (χ1) is 67.9. The third-order valence-electron chi connectivity index (χ3n) is 25.8. The number of rotatable bonds is 28. The smallest absolute Gasteiger partial charge is 0.870 e. The number of alkyl halides is 2. The minimum absolute atomic E-state index is 0. The summed E-state index contributed by atoms with van der Waals surface area (Å²) < 4.78 is 23.5. The van der Waals surface area contributed by atoms with E-state index >= 15 is 0 Å². The molecule has 0 aromatic heterocycles. The Bertz CT molecular complexity index is 5570. The van der Waals surface area contributed by atoms with Crippen LogP contribution in [0.4, 0.5) is 0 Å². The molecule has 9 aromatic rings. The van der Waals surface area contributed by atoms with Gasteiger partial charge in [-0.15, -0.1) is 35.5 Å². The molecular formula is C129H168Cl2I3KO11. The van der Waals surface area contributed by atoms with E-state index in [0.717, 1.165) is 109 Å². The van der Waals surface area contributed by atoms with Gasteiger partial charge in [-0.2, -0.15) is 0 Å². The van der Waals surface area contributed by atoms with Crippen LogP contribution in [0.3, 0.4) is 0 Å². The van der Waals surface area contributed by atoms with Crippen LogP contribution in [0.15, 0.2) is 206 Å². The number of benzene rings is 9. The van der Waals surface area contributed by atoms with Crippen molar-refractivity contribution in [2.24, 2.45) is 0 Å². The molecule has 786 valence electrons. The third kappa shape index (κ3) is 50.0. The molecule has 0 atom stereocenters. The van der Waals surface area contributed by atoms with Gasteiger partial charge in [0.2, 0.25) is 0 Å². The third-order valence-corrected chi connectivity index (χ3v) is 28.3. The van der Waals surface area contributed by atoms with Crippen LogP contribution in [-0.2, 0) is 51.4 Å². The number of unbranched alkanes of at least 4 members (excludes halogenated alkanes) is 8. The SMILES string of the molecule is C#CCCCC.CC(C)(Cl)CCC(C)(C)Cl.CC1(C)CCC(C)(C)c2cc(I)ccc21.CCCC/C(=C\c1ccc(C(=O)O)cc1)c1ccc2c(c1)C(C)(C)CCC2(C)C.CCCC/C(=C\c1ccc(C(=O)OCC)cc1)c1ccc2c(c1)C(C)(C)CCC2(C)C.CCCCC#Cc1ccc(C(=O)OCC)cc1.CCCCC#Cc1ccc(C(=O)OCC)cc1.CCOC(=O)c1ccc(I)cc1.Ic1ccccc1.[K+].[OH-]. The fraction of sp³-hybridized carbons (Fsp3) is 0.465. The van der Waals surface area contributed by atoms with Gasteiger partial charge in [0, 0.05) is 50.8 Å². The zero-order chi connectivity index (χ0) is 108. The van der Waals surface area contributed by atoms with Crippen molar-refractivity contribution >= 4 is 144 Å². The molecule has 9 aromatic carbocycles. The Labute approximate surface area is 975 Å². The number of allylic oxidation sites excluding steroid dienone is 2. The van der Waals surface area contributed by atoms with Gasteiger partial charge in [0.1, 0.15) is 0 Å². The summed E-state index contributed by atoms with van der Waals surface area (Å²) in [6, 6.07) is 68.0. The summed E-state index contributed by atoms with van der Waals surface area (Å²) >= 11 is 18.8. The Balaban J connectivity index is 0.000000578. The van der Waals surface area contributed by atoms with E-state index in [2.05, 4.69) is 294 Å². The summed E-state index contributed by atoms with van der Waals surface area (Å²) in [7, 11) is 0. The van der Waals surface area contributed by atoms with Crippen molar-refractivity contribution in [2.45, 2.75) is 363 Å². The predicted octanol–water partition coefficient (Wildman–Crippen LogP) is 34.1. The molecule has 0 unspecified atom stereocenters. The van der Waals surface area contributed by atoms with Crippen LogP contribution >= 0.6 is 91.0 Å². The van der Waals surface area contributed by atoms with Crippen molar-refractivity contribution < 1.29 is 105 Å². The normalized spacial score (nSPS) is 14.0. The Kier molecular flexibility index (Phi) is 63.5. The zero-order valence-electron chi connectivity index (χ0n) is 92.9. The van der Waals surface area contributed by atoms with Gasteiger partial charge in [0.15, 0.2) is 0 Å². The molecule has 0 bridgehead atoms. The predicted molar refractivity (Wildman–Crippen MR) is 640 cm³/mol. The summed E-state index contributed by atoms with van der Waals surface area (Å²) in [6.45, 7) is 56.2. The van der Waals surface area contributed by atoms with Crippen molar-refractivity contribution in [3.63, 3.8) is 0 Å². The Morgan fingerprint density at radius 2 is 0.610 bits per heavy atom. The molecule has 0 aliphatic heterocycles. The number of fused-ring (bicyclic) bond motifs is 3. The summed E-state index contributed by atoms with van der Waals surface area (Å²) in [4.78, 5) is 56.8. The maximum Gasteiger partial charge on any atom is 1.00 e. The molecule has 0 saturated heterocycles. The van der Waals surface area contributed by atoms with E-state index in [0.29, 0.717) is 65.1 Å². The van der Waals surface area contributed by atoms with Crippen LogP contribution in [0.1, 0.15) is 439 Å². The van der Waals surface area contributed by atoms with Crippen LogP contribution in [0.25, 0.3) is 23.3 Å². The molecule has 0 fully saturated rings. The monoisotopic (exact) mass is 2380 g/mol. The number of carboxylic acids is 1. The van der Waals surface area contributed by atoms with E-state index in [1.807, 2.05) is 126 Å². The van der Waals surface area contributed by atoms with Gasteiger partial charge in [0.05, 0.1) is 54.2 Å². The summed E-state index contributed by atoms with van der Waals surface area (Å²) in [5, 5.41) is 9.14. The number of esters is 4. The quantitative estimate of drug-likeness (QED) is 0.00723. The second kappa shape index (κ2) is 68.7. The molecule has 146 heavy (non-hydrogen) atoms.